The van der Waals surface area contributed by atoms with Gasteiger partial charge in [0.25, 0.3) is 0 Å². The first-order chi connectivity index (χ1) is 8.49. The molecule has 0 radical (unpaired) electrons. The fourth-order valence-corrected chi connectivity index (χ4v) is 2.62. The summed E-state index contributed by atoms with van der Waals surface area (Å²) in [5, 5.41) is 2.86. The van der Waals surface area contributed by atoms with Gasteiger partial charge >= 0.3 is 0 Å². The molecule has 0 spiro atoms. The summed E-state index contributed by atoms with van der Waals surface area (Å²) in [6.45, 7) is 1.83. The minimum Gasteiger partial charge on any atom is -0.397 e. The van der Waals surface area contributed by atoms with Crippen molar-refractivity contribution in [1.82, 2.24) is 0 Å². The van der Waals surface area contributed by atoms with Crippen LogP contribution in [0.25, 0.3) is 0 Å². The summed E-state index contributed by atoms with van der Waals surface area (Å²) in [5.74, 6) is -1.90. The van der Waals surface area contributed by atoms with Gasteiger partial charge in [-0.2, -0.15) is 0 Å². The number of nitrogens with two attached hydrogens (primary N) is 1. The first kappa shape index (κ1) is 13.1. The number of anilines is 2. The van der Waals surface area contributed by atoms with Crippen LogP contribution in [0.4, 0.5) is 20.2 Å². The van der Waals surface area contributed by atoms with Gasteiger partial charge in [0, 0.05) is 4.88 Å². The first-order valence-corrected chi connectivity index (χ1v) is 6.43. The molecule has 0 aliphatic rings. The summed E-state index contributed by atoms with van der Waals surface area (Å²) in [5.41, 5.74) is 5.78. The zero-order valence-corrected chi connectivity index (χ0v) is 11.1. The summed E-state index contributed by atoms with van der Waals surface area (Å²) in [6.07, 6.45) is 0. The van der Waals surface area contributed by atoms with Gasteiger partial charge in [-0.1, -0.05) is 11.6 Å². The number of hydrogen-bond donors (Lipinski definition) is 2. The third-order valence-corrected chi connectivity index (χ3v) is 3.92. The lowest BCUT2D eigenvalue weighted by Gasteiger charge is -2.16. The summed E-state index contributed by atoms with van der Waals surface area (Å²) >= 11 is 7.20. The van der Waals surface area contributed by atoms with E-state index in [2.05, 4.69) is 5.32 Å². The van der Waals surface area contributed by atoms with Gasteiger partial charge in [0.15, 0.2) is 11.6 Å². The molecule has 96 valence electrons. The molecule has 0 fully saturated rings. The van der Waals surface area contributed by atoms with Crippen molar-refractivity contribution in [3.05, 3.63) is 45.1 Å². The van der Waals surface area contributed by atoms with Crippen molar-refractivity contribution in [3.63, 3.8) is 0 Å². The number of hydrogen-bond acceptors (Lipinski definition) is 3. The van der Waals surface area contributed by atoms with Crippen LogP contribution in [0.2, 0.25) is 4.34 Å². The van der Waals surface area contributed by atoms with Crippen LogP contribution in [-0.4, -0.2) is 0 Å². The summed E-state index contributed by atoms with van der Waals surface area (Å²) in [4.78, 5) is 0.920. The predicted molar refractivity (Wildman–Crippen MR) is 72.1 cm³/mol. The van der Waals surface area contributed by atoms with E-state index < -0.39 is 11.6 Å². The number of nitrogens with one attached hydrogen (secondary N) is 1. The third kappa shape index (κ3) is 2.57. The number of rotatable bonds is 3. The monoisotopic (exact) mass is 288 g/mol. The number of nitrogen functional groups attached to an aromatic ring is 1. The fourth-order valence-electron chi connectivity index (χ4n) is 1.56. The maximum Gasteiger partial charge on any atom is 0.183 e. The Kier molecular flexibility index (Phi) is 3.73. The highest BCUT2D eigenvalue weighted by Gasteiger charge is 2.15. The predicted octanol–water partition coefficient (Wildman–Crippen LogP) is 4.44. The van der Waals surface area contributed by atoms with Gasteiger partial charge in [-0.25, -0.2) is 8.78 Å². The zero-order chi connectivity index (χ0) is 13.3. The van der Waals surface area contributed by atoms with Crippen molar-refractivity contribution in [2.75, 3.05) is 11.1 Å². The Bertz CT molecular complexity index is 571. The van der Waals surface area contributed by atoms with E-state index in [1.54, 1.807) is 6.07 Å². The van der Waals surface area contributed by atoms with E-state index >= 15 is 0 Å². The van der Waals surface area contributed by atoms with Crippen molar-refractivity contribution in [1.29, 1.82) is 0 Å². The third-order valence-electron chi connectivity index (χ3n) is 2.51. The smallest absolute Gasteiger partial charge is 0.183 e. The van der Waals surface area contributed by atoms with E-state index in [4.69, 9.17) is 17.3 Å². The second-order valence-corrected chi connectivity index (χ2v) is 5.58. The topological polar surface area (TPSA) is 38.0 Å². The molecule has 2 rings (SSSR count). The molecule has 1 atom stereocenters. The maximum atomic E-state index is 13.6. The molecule has 1 aromatic heterocycles. The molecule has 2 aromatic rings. The molecule has 1 heterocycles. The molecular formula is C12H11ClF2N2S. The van der Waals surface area contributed by atoms with Gasteiger partial charge in [0.1, 0.15) is 0 Å². The van der Waals surface area contributed by atoms with E-state index in [1.807, 2.05) is 13.0 Å². The molecule has 18 heavy (non-hydrogen) atoms. The van der Waals surface area contributed by atoms with Gasteiger partial charge in [0.2, 0.25) is 0 Å². The van der Waals surface area contributed by atoms with Crippen molar-refractivity contribution in [2.45, 2.75) is 13.0 Å². The molecule has 0 saturated heterocycles. The number of halogens is 3. The van der Waals surface area contributed by atoms with E-state index in [1.165, 1.54) is 17.4 Å². The fraction of sp³-hybridized carbons (Fsp3) is 0.167. The molecule has 1 unspecified atom stereocenters. The Balaban J connectivity index is 2.27. The Labute approximate surface area is 112 Å². The molecule has 0 aliphatic carbocycles. The van der Waals surface area contributed by atoms with Crippen LogP contribution in [-0.2, 0) is 0 Å². The van der Waals surface area contributed by atoms with Crippen molar-refractivity contribution >= 4 is 34.3 Å². The minimum atomic E-state index is -0.968. The van der Waals surface area contributed by atoms with Gasteiger partial charge in [0.05, 0.1) is 21.8 Å². The Morgan fingerprint density at radius 2 is 2.00 bits per heavy atom. The maximum absolute atomic E-state index is 13.6. The minimum absolute atomic E-state index is 0.0213. The molecule has 0 aliphatic heterocycles. The van der Waals surface area contributed by atoms with Crippen LogP contribution in [0.15, 0.2) is 24.3 Å². The quantitative estimate of drug-likeness (QED) is 0.820. The van der Waals surface area contributed by atoms with E-state index in [-0.39, 0.29) is 17.4 Å². The molecule has 6 heteroatoms. The second kappa shape index (κ2) is 5.12. The highest BCUT2D eigenvalue weighted by atomic mass is 35.5. The molecule has 0 amide bonds. The first-order valence-electron chi connectivity index (χ1n) is 5.24. The van der Waals surface area contributed by atoms with Crippen molar-refractivity contribution in [3.8, 4) is 0 Å². The number of thiophene rings is 1. The summed E-state index contributed by atoms with van der Waals surface area (Å²) in [7, 11) is 0. The average molecular weight is 289 g/mol. The zero-order valence-electron chi connectivity index (χ0n) is 9.51. The SMILES string of the molecule is CC(Nc1c(N)ccc(F)c1F)c1ccc(Cl)s1. The summed E-state index contributed by atoms with van der Waals surface area (Å²) < 4.78 is 27.4. The highest BCUT2D eigenvalue weighted by molar-refractivity contribution is 7.16. The second-order valence-electron chi connectivity index (χ2n) is 3.83. The lowest BCUT2D eigenvalue weighted by atomic mass is 10.2. The molecule has 0 saturated carbocycles. The van der Waals surface area contributed by atoms with Gasteiger partial charge < -0.3 is 11.1 Å². The van der Waals surface area contributed by atoms with E-state index in [0.717, 1.165) is 10.9 Å². The van der Waals surface area contributed by atoms with Crippen LogP contribution in [0.5, 0.6) is 0 Å². The normalized spacial score (nSPS) is 12.4. The Morgan fingerprint density at radius 3 is 2.61 bits per heavy atom. The lowest BCUT2D eigenvalue weighted by molar-refractivity contribution is 0.510. The lowest BCUT2D eigenvalue weighted by Crippen LogP contribution is -2.09. The largest absolute Gasteiger partial charge is 0.397 e. The molecule has 0 bridgehead atoms. The highest BCUT2D eigenvalue weighted by Crippen LogP contribution is 2.32. The van der Waals surface area contributed by atoms with Gasteiger partial charge in [-0.15, -0.1) is 11.3 Å². The molecular weight excluding hydrogens is 278 g/mol. The summed E-state index contributed by atoms with van der Waals surface area (Å²) in [6, 6.07) is 5.71. The van der Waals surface area contributed by atoms with Gasteiger partial charge in [-0.05, 0) is 31.2 Å². The van der Waals surface area contributed by atoms with Crippen molar-refractivity contribution < 1.29 is 8.78 Å². The Morgan fingerprint density at radius 1 is 1.28 bits per heavy atom. The van der Waals surface area contributed by atoms with Crippen LogP contribution >= 0.6 is 22.9 Å². The van der Waals surface area contributed by atoms with E-state index in [9.17, 15) is 8.78 Å². The van der Waals surface area contributed by atoms with Crippen LogP contribution in [0, 0.1) is 11.6 Å². The van der Waals surface area contributed by atoms with Crippen LogP contribution < -0.4 is 11.1 Å². The molecule has 3 N–H and O–H groups in total. The number of benzene rings is 1. The van der Waals surface area contributed by atoms with E-state index in [0.29, 0.717) is 4.34 Å². The standard InChI is InChI=1S/C12H11ClF2N2S/c1-6(9-4-5-10(13)18-9)17-12-8(16)3-2-7(14)11(12)15/h2-6,17H,16H2,1H3. The molecule has 2 nitrogen and oxygen atoms in total. The molecule has 1 aromatic carbocycles. The van der Waals surface area contributed by atoms with Gasteiger partial charge in [-0.3, -0.25) is 0 Å². The van der Waals surface area contributed by atoms with Crippen LogP contribution in [0.1, 0.15) is 17.8 Å². The average Bonchev–Trinajstić information content (AvgIpc) is 2.76. The van der Waals surface area contributed by atoms with Crippen molar-refractivity contribution in [2.24, 2.45) is 0 Å². The van der Waals surface area contributed by atoms with Crippen LogP contribution in [0.3, 0.4) is 0 Å². The Hall–Kier alpha value is -1.33.